The maximum Gasteiger partial charge on any atom is 0.252 e. The van der Waals surface area contributed by atoms with E-state index < -0.39 is 0 Å². The third-order valence-electron chi connectivity index (χ3n) is 3.69. The maximum absolute atomic E-state index is 11.9. The molecule has 0 radical (unpaired) electrons. The second-order valence-corrected chi connectivity index (χ2v) is 5.67. The fraction of sp³-hybridized carbons (Fsp3) is 0.667. The van der Waals surface area contributed by atoms with Gasteiger partial charge in [-0.15, -0.1) is 0 Å². The normalized spacial score (nSPS) is 10.6. The van der Waals surface area contributed by atoms with Crippen molar-refractivity contribution in [1.82, 2.24) is 10.3 Å². The van der Waals surface area contributed by atoms with Crippen molar-refractivity contribution in [2.45, 2.75) is 71.6 Å². The maximum atomic E-state index is 11.9. The summed E-state index contributed by atoms with van der Waals surface area (Å²) < 4.78 is 0. The van der Waals surface area contributed by atoms with Crippen LogP contribution < -0.4 is 5.32 Å². The zero-order chi connectivity index (χ0) is 15.3. The molecule has 3 nitrogen and oxygen atoms in total. The minimum absolute atomic E-state index is 0.00321. The molecule has 0 aliphatic heterocycles. The Kier molecular flexibility index (Phi) is 9.51. The van der Waals surface area contributed by atoms with Crippen LogP contribution in [-0.2, 0) is 6.42 Å². The summed E-state index contributed by atoms with van der Waals surface area (Å²) in [4.78, 5) is 16.3. The van der Waals surface area contributed by atoms with Crippen LogP contribution in [0.25, 0.3) is 0 Å². The number of aromatic nitrogens is 1. The predicted molar refractivity (Wildman–Crippen MR) is 88.6 cm³/mol. The van der Waals surface area contributed by atoms with Crippen LogP contribution in [0.15, 0.2) is 18.3 Å². The van der Waals surface area contributed by atoms with Gasteiger partial charge >= 0.3 is 0 Å². The van der Waals surface area contributed by atoms with Gasteiger partial charge in [0.15, 0.2) is 0 Å². The van der Waals surface area contributed by atoms with Crippen molar-refractivity contribution in [1.29, 1.82) is 0 Å². The number of amides is 1. The number of nitrogens with zero attached hydrogens (tertiary/aromatic N) is 1. The lowest BCUT2D eigenvalue weighted by Crippen LogP contribution is -2.24. The molecule has 118 valence electrons. The minimum atomic E-state index is -0.00321. The van der Waals surface area contributed by atoms with Crippen molar-refractivity contribution < 1.29 is 4.79 Å². The van der Waals surface area contributed by atoms with Gasteiger partial charge in [0.2, 0.25) is 0 Å². The van der Waals surface area contributed by atoms with Crippen LogP contribution in [0, 0.1) is 0 Å². The summed E-state index contributed by atoms with van der Waals surface area (Å²) in [5.41, 5.74) is 1.76. The van der Waals surface area contributed by atoms with Crippen molar-refractivity contribution in [3.8, 4) is 0 Å². The molecule has 0 bridgehead atoms. The molecule has 3 heteroatoms. The average Bonchev–Trinajstić information content (AvgIpc) is 2.52. The van der Waals surface area contributed by atoms with Crippen molar-refractivity contribution in [2.24, 2.45) is 0 Å². The molecule has 0 saturated carbocycles. The second-order valence-electron chi connectivity index (χ2n) is 5.67. The lowest BCUT2D eigenvalue weighted by Gasteiger charge is -2.06. The Balaban J connectivity index is 2.27. The molecule has 1 N–H and O–H groups in total. The number of carbonyl (C=O) groups excluding carboxylic acids is 1. The largest absolute Gasteiger partial charge is 0.352 e. The Morgan fingerprint density at radius 2 is 1.71 bits per heavy atom. The molecule has 0 fully saturated rings. The zero-order valence-corrected chi connectivity index (χ0v) is 13.7. The van der Waals surface area contributed by atoms with E-state index in [1.54, 1.807) is 6.20 Å². The van der Waals surface area contributed by atoms with Crippen LogP contribution in [0.1, 0.15) is 81.3 Å². The van der Waals surface area contributed by atoms with Gasteiger partial charge in [0.25, 0.3) is 5.91 Å². The van der Waals surface area contributed by atoms with Gasteiger partial charge in [-0.3, -0.25) is 9.78 Å². The van der Waals surface area contributed by atoms with Crippen LogP contribution in [0.3, 0.4) is 0 Å². The Morgan fingerprint density at radius 3 is 2.33 bits per heavy atom. The standard InChI is InChI=1S/C18H30N2O/c1-3-5-7-9-11-17-13-12-16(15-20-17)18(21)19-14-10-8-6-4-2/h12-13,15H,3-11,14H2,1-2H3,(H,19,21). The molecule has 0 spiro atoms. The highest BCUT2D eigenvalue weighted by Crippen LogP contribution is 2.07. The van der Waals surface area contributed by atoms with E-state index in [0.29, 0.717) is 5.56 Å². The van der Waals surface area contributed by atoms with Crippen molar-refractivity contribution in [2.75, 3.05) is 6.54 Å². The summed E-state index contributed by atoms with van der Waals surface area (Å²) in [5.74, 6) is -0.00321. The molecular formula is C18H30N2O. The molecule has 0 aliphatic carbocycles. The summed E-state index contributed by atoms with van der Waals surface area (Å²) in [6, 6.07) is 3.88. The summed E-state index contributed by atoms with van der Waals surface area (Å²) in [6.07, 6.45) is 12.4. The van der Waals surface area contributed by atoms with Gasteiger partial charge in [-0.2, -0.15) is 0 Å². The number of hydrogen-bond acceptors (Lipinski definition) is 2. The highest BCUT2D eigenvalue weighted by atomic mass is 16.1. The number of aryl methyl sites for hydroxylation is 1. The van der Waals surface area contributed by atoms with Crippen LogP contribution in [0.5, 0.6) is 0 Å². The van der Waals surface area contributed by atoms with E-state index in [1.807, 2.05) is 12.1 Å². The predicted octanol–water partition coefficient (Wildman–Crippen LogP) is 4.51. The average molecular weight is 290 g/mol. The molecule has 1 aromatic rings. The molecule has 0 aromatic carbocycles. The Hall–Kier alpha value is -1.38. The molecule has 0 unspecified atom stereocenters. The summed E-state index contributed by atoms with van der Waals surface area (Å²) >= 11 is 0. The monoisotopic (exact) mass is 290 g/mol. The third kappa shape index (κ3) is 7.84. The van der Waals surface area contributed by atoms with E-state index in [0.717, 1.165) is 25.1 Å². The van der Waals surface area contributed by atoms with Gasteiger partial charge in [-0.1, -0.05) is 52.4 Å². The van der Waals surface area contributed by atoms with Crippen LogP contribution in [0.2, 0.25) is 0 Å². The quantitative estimate of drug-likeness (QED) is 0.609. The number of unbranched alkanes of at least 4 members (excludes halogenated alkanes) is 6. The Bertz CT molecular complexity index is 387. The van der Waals surface area contributed by atoms with Crippen molar-refractivity contribution >= 4 is 5.91 Å². The first-order valence-corrected chi connectivity index (χ1v) is 8.51. The van der Waals surface area contributed by atoms with Crippen LogP contribution >= 0.6 is 0 Å². The van der Waals surface area contributed by atoms with Crippen LogP contribution in [-0.4, -0.2) is 17.4 Å². The van der Waals surface area contributed by atoms with Gasteiger partial charge in [0.1, 0.15) is 0 Å². The first-order chi connectivity index (χ1) is 10.3. The lowest BCUT2D eigenvalue weighted by molar-refractivity contribution is 0.0952. The van der Waals surface area contributed by atoms with E-state index in [2.05, 4.69) is 24.1 Å². The van der Waals surface area contributed by atoms with E-state index >= 15 is 0 Å². The summed E-state index contributed by atoms with van der Waals surface area (Å²) in [6.45, 7) is 5.17. The zero-order valence-electron chi connectivity index (χ0n) is 13.7. The number of carbonyl (C=O) groups is 1. The molecule has 0 saturated heterocycles. The first kappa shape index (κ1) is 17.7. The highest BCUT2D eigenvalue weighted by molar-refractivity contribution is 5.93. The van der Waals surface area contributed by atoms with Crippen LogP contribution in [0.4, 0.5) is 0 Å². The minimum Gasteiger partial charge on any atom is -0.352 e. The molecule has 1 rings (SSSR count). The molecule has 1 aromatic heterocycles. The van der Waals surface area contributed by atoms with Crippen molar-refractivity contribution in [3.05, 3.63) is 29.6 Å². The SMILES string of the molecule is CCCCCCNC(=O)c1ccc(CCCCCC)nc1. The van der Waals surface area contributed by atoms with E-state index in [9.17, 15) is 4.79 Å². The fourth-order valence-electron chi connectivity index (χ4n) is 2.30. The lowest BCUT2D eigenvalue weighted by atomic mass is 10.1. The smallest absolute Gasteiger partial charge is 0.252 e. The Morgan fingerprint density at radius 1 is 1.00 bits per heavy atom. The number of nitrogens with one attached hydrogen (secondary N) is 1. The van der Waals surface area contributed by atoms with Crippen molar-refractivity contribution in [3.63, 3.8) is 0 Å². The van der Waals surface area contributed by atoms with Gasteiger partial charge in [0.05, 0.1) is 5.56 Å². The third-order valence-corrected chi connectivity index (χ3v) is 3.69. The molecule has 1 heterocycles. The summed E-state index contributed by atoms with van der Waals surface area (Å²) in [5, 5.41) is 2.96. The molecule has 0 atom stereocenters. The molecular weight excluding hydrogens is 260 g/mol. The van der Waals surface area contributed by atoms with Gasteiger partial charge in [0, 0.05) is 18.4 Å². The molecule has 21 heavy (non-hydrogen) atoms. The van der Waals surface area contributed by atoms with E-state index in [1.165, 1.54) is 44.9 Å². The number of pyridine rings is 1. The van der Waals surface area contributed by atoms with Gasteiger partial charge < -0.3 is 5.32 Å². The second kappa shape index (κ2) is 11.3. The highest BCUT2D eigenvalue weighted by Gasteiger charge is 2.05. The Labute approximate surface area is 129 Å². The van der Waals surface area contributed by atoms with Gasteiger partial charge in [-0.05, 0) is 31.4 Å². The number of hydrogen-bond donors (Lipinski definition) is 1. The fourth-order valence-corrected chi connectivity index (χ4v) is 2.30. The van der Waals surface area contributed by atoms with E-state index in [-0.39, 0.29) is 5.91 Å². The van der Waals surface area contributed by atoms with E-state index in [4.69, 9.17) is 0 Å². The summed E-state index contributed by atoms with van der Waals surface area (Å²) in [7, 11) is 0. The topological polar surface area (TPSA) is 42.0 Å². The molecule has 1 amide bonds. The molecule has 0 aliphatic rings. The number of rotatable bonds is 11. The first-order valence-electron chi connectivity index (χ1n) is 8.51. The van der Waals surface area contributed by atoms with Gasteiger partial charge in [-0.25, -0.2) is 0 Å².